The molecule has 0 bridgehead atoms. The summed E-state index contributed by atoms with van der Waals surface area (Å²) in [5.41, 5.74) is 1.95. The van der Waals surface area contributed by atoms with Crippen molar-refractivity contribution in [3.05, 3.63) is 35.7 Å². The maximum absolute atomic E-state index is 4.58. The summed E-state index contributed by atoms with van der Waals surface area (Å²) < 4.78 is 1.76. The third kappa shape index (κ3) is 3.24. The third-order valence-electron chi connectivity index (χ3n) is 4.50. The number of hydrogen-bond donors (Lipinski definition) is 1. The largest absolute Gasteiger partial charge is 0.367 e. The zero-order valence-corrected chi connectivity index (χ0v) is 14.8. The minimum atomic E-state index is 0.398. The molecular weight excluding hydrogens is 316 g/mol. The molecule has 4 rings (SSSR count). The minimum Gasteiger partial charge on any atom is -0.367 e. The van der Waals surface area contributed by atoms with E-state index in [1.165, 1.54) is 6.33 Å². The Labute approximate surface area is 146 Å². The van der Waals surface area contributed by atoms with E-state index < -0.39 is 0 Å². The van der Waals surface area contributed by atoms with Crippen molar-refractivity contribution >= 4 is 17.4 Å². The second kappa shape index (κ2) is 6.27. The fourth-order valence-corrected chi connectivity index (χ4v) is 3.35. The number of nitrogens with zero attached hydrogens (tertiary/aromatic N) is 7. The monoisotopic (exact) mass is 338 g/mol. The molecule has 0 radical (unpaired) electrons. The van der Waals surface area contributed by atoms with Crippen LogP contribution in [-0.4, -0.2) is 48.7 Å². The van der Waals surface area contributed by atoms with E-state index in [0.717, 1.165) is 54.8 Å². The van der Waals surface area contributed by atoms with Crippen molar-refractivity contribution in [2.75, 3.05) is 23.3 Å². The van der Waals surface area contributed by atoms with Crippen LogP contribution in [-0.2, 0) is 0 Å². The molecule has 0 aliphatic carbocycles. The molecule has 8 nitrogen and oxygen atoms in total. The van der Waals surface area contributed by atoms with Gasteiger partial charge in [-0.3, -0.25) is 0 Å². The van der Waals surface area contributed by atoms with Gasteiger partial charge in [0.25, 0.3) is 5.78 Å². The Morgan fingerprint density at radius 1 is 1.00 bits per heavy atom. The van der Waals surface area contributed by atoms with Gasteiger partial charge in [0.05, 0.1) is 0 Å². The zero-order chi connectivity index (χ0) is 17.4. The second-order valence-electron chi connectivity index (χ2n) is 6.58. The first-order chi connectivity index (χ1) is 12.1. The van der Waals surface area contributed by atoms with E-state index >= 15 is 0 Å². The van der Waals surface area contributed by atoms with E-state index in [1.807, 2.05) is 26.8 Å². The van der Waals surface area contributed by atoms with Crippen LogP contribution in [0.25, 0.3) is 5.78 Å². The van der Waals surface area contributed by atoms with E-state index in [1.54, 1.807) is 4.52 Å². The first-order valence-corrected chi connectivity index (χ1v) is 8.59. The van der Waals surface area contributed by atoms with Crippen molar-refractivity contribution in [3.8, 4) is 0 Å². The summed E-state index contributed by atoms with van der Waals surface area (Å²) in [4.78, 5) is 19.8. The molecule has 0 atom stereocenters. The maximum atomic E-state index is 4.58. The molecule has 0 amide bonds. The molecule has 8 heteroatoms. The predicted octanol–water partition coefficient (Wildman–Crippen LogP) is 1.92. The van der Waals surface area contributed by atoms with Gasteiger partial charge in [0, 0.05) is 42.7 Å². The molecule has 1 aliphatic heterocycles. The summed E-state index contributed by atoms with van der Waals surface area (Å²) in [5, 5.41) is 7.87. The van der Waals surface area contributed by atoms with Gasteiger partial charge >= 0.3 is 0 Å². The van der Waals surface area contributed by atoms with Crippen LogP contribution in [0, 0.1) is 20.8 Å². The lowest BCUT2D eigenvalue weighted by molar-refractivity contribution is 0.520. The molecule has 0 aromatic carbocycles. The van der Waals surface area contributed by atoms with Gasteiger partial charge in [-0.15, -0.1) is 0 Å². The first kappa shape index (κ1) is 15.7. The first-order valence-electron chi connectivity index (χ1n) is 8.59. The molecule has 4 heterocycles. The van der Waals surface area contributed by atoms with Crippen LogP contribution in [0.2, 0.25) is 0 Å². The molecule has 1 N–H and O–H groups in total. The SMILES string of the molecule is Cc1cc(N2CCC(Nc3cc(C)nc4ncnn34)CC2)nc(C)n1. The number of rotatable bonds is 3. The number of anilines is 2. The number of fused-ring (bicyclic) bond motifs is 1. The summed E-state index contributed by atoms with van der Waals surface area (Å²) in [6.45, 7) is 7.88. The standard InChI is InChI=1S/C17H22N8/c1-11-8-15(22-13(3)20-11)24-6-4-14(5-7-24)23-16-9-12(2)21-17-18-10-19-25(16)17/h8-10,14,23H,4-7H2,1-3H3. The Morgan fingerprint density at radius 2 is 1.76 bits per heavy atom. The molecule has 1 fully saturated rings. The summed E-state index contributed by atoms with van der Waals surface area (Å²) in [6, 6.07) is 4.48. The number of piperidine rings is 1. The fraction of sp³-hybridized carbons (Fsp3) is 0.471. The van der Waals surface area contributed by atoms with Crippen molar-refractivity contribution in [1.29, 1.82) is 0 Å². The summed E-state index contributed by atoms with van der Waals surface area (Å²) in [5.74, 6) is 3.44. The summed E-state index contributed by atoms with van der Waals surface area (Å²) in [6.07, 6.45) is 3.62. The zero-order valence-electron chi connectivity index (χ0n) is 14.8. The topological polar surface area (TPSA) is 84.1 Å². The van der Waals surface area contributed by atoms with Crippen molar-refractivity contribution < 1.29 is 0 Å². The number of hydrogen-bond acceptors (Lipinski definition) is 7. The highest BCUT2D eigenvalue weighted by Gasteiger charge is 2.21. The van der Waals surface area contributed by atoms with Crippen LogP contribution < -0.4 is 10.2 Å². The second-order valence-corrected chi connectivity index (χ2v) is 6.58. The van der Waals surface area contributed by atoms with Gasteiger partial charge in [-0.2, -0.15) is 14.6 Å². The highest BCUT2D eigenvalue weighted by molar-refractivity contribution is 5.46. The average molecular weight is 338 g/mol. The van der Waals surface area contributed by atoms with Crippen molar-refractivity contribution in [1.82, 2.24) is 29.5 Å². The quantitative estimate of drug-likeness (QED) is 0.781. The highest BCUT2D eigenvalue weighted by Crippen LogP contribution is 2.21. The average Bonchev–Trinajstić information content (AvgIpc) is 3.03. The van der Waals surface area contributed by atoms with Gasteiger partial charge in [-0.25, -0.2) is 15.0 Å². The van der Waals surface area contributed by atoms with Gasteiger partial charge in [0.15, 0.2) is 0 Å². The van der Waals surface area contributed by atoms with Crippen LogP contribution >= 0.6 is 0 Å². The van der Waals surface area contributed by atoms with E-state index in [-0.39, 0.29) is 0 Å². The molecule has 1 aliphatic rings. The maximum Gasteiger partial charge on any atom is 0.254 e. The van der Waals surface area contributed by atoms with E-state index in [9.17, 15) is 0 Å². The third-order valence-corrected chi connectivity index (χ3v) is 4.50. The summed E-state index contributed by atoms with van der Waals surface area (Å²) in [7, 11) is 0. The highest BCUT2D eigenvalue weighted by atomic mass is 15.4. The molecule has 3 aromatic rings. The predicted molar refractivity (Wildman–Crippen MR) is 95.9 cm³/mol. The molecule has 130 valence electrons. The molecule has 1 saturated heterocycles. The van der Waals surface area contributed by atoms with Gasteiger partial charge in [0.1, 0.15) is 23.8 Å². The molecule has 0 unspecified atom stereocenters. The fourth-order valence-electron chi connectivity index (χ4n) is 3.35. The normalized spacial score (nSPS) is 15.7. The van der Waals surface area contributed by atoms with Crippen molar-refractivity contribution in [2.45, 2.75) is 39.7 Å². The van der Waals surface area contributed by atoms with Crippen LogP contribution in [0.15, 0.2) is 18.5 Å². The lowest BCUT2D eigenvalue weighted by atomic mass is 10.0. The Balaban J connectivity index is 1.46. The lowest BCUT2D eigenvalue weighted by Gasteiger charge is -2.33. The van der Waals surface area contributed by atoms with Crippen molar-refractivity contribution in [3.63, 3.8) is 0 Å². The number of aromatic nitrogens is 6. The van der Waals surface area contributed by atoms with Gasteiger partial charge < -0.3 is 10.2 Å². The Morgan fingerprint density at radius 3 is 2.52 bits per heavy atom. The molecule has 0 spiro atoms. The number of aryl methyl sites for hydroxylation is 3. The van der Waals surface area contributed by atoms with Crippen LogP contribution in [0.5, 0.6) is 0 Å². The van der Waals surface area contributed by atoms with Crippen molar-refractivity contribution in [2.24, 2.45) is 0 Å². The van der Waals surface area contributed by atoms with Gasteiger partial charge in [0.2, 0.25) is 0 Å². The van der Waals surface area contributed by atoms with Crippen LogP contribution in [0.3, 0.4) is 0 Å². The minimum absolute atomic E-state index is 0.398. The Kier molecular flexibility index (Phi) is 3.95. The molecule has 3 aromatic heterocycles. The smallest absolute Gasteiger partial charge is 0.254 e. The van der Waals surface area contributed by atoms with Gasteiger partial charge in [-0.05, 0) is 33.6 Å². The van der Waals surface area contributed by atoms with Gasteiger partial charge in [-0.1, -0.05) is 0 Å². The molecule has 25 heavy (non-hydrogen) atoms. The van der Waals surface area contributed by atoms with E-state index in [2.05, 4.69) is 41.3 Å². The Hall–Kier alpha value is -2.77. The lowest BCUT2D eigenvalue weighted by Crippen LogP contribution is -2.40. The number of nitrogens with one attached hydrogen (secondary N) is 1. The molecule has 0 saturated carbocycles. The molecular formula is C17H22N8. The van der Waals surface area contributed by atoms with Crippen LogP contribution in [0.4, 0.5) is 11.6 Å². The Bertz CT molecular complexity index is 875. The van der Waals surface area contributed by atoms with E-state index in [0.29, 0.717) is 11.8 Å². The van der Waals surface area contributed by atoms with Crippen LogP contribution in [0.1, 0.15) is 30.1 Å². The summed E-state index contributed by atoms with van der Waals surface area (Å²) >= 11 is 0. The van der Waals surface area contributed by atoms with E-state index in [4.69, 9.17) is 0 Å².